The van der Waals surface area contributed by atoms with Crippen molar-refractivity contribution in [1.29, 1.82) is 0 Å². The molecule has 0 fully saturated rings. The minimum absolute atomic E-state index is 0.0556. The van der Waals surface area contributed by atoms with Crippen molar-refractivity contribution in [3.63, 3.8) is 0 Å². The number of para-hydroxylation sites is 1. The number of fused-ring (bicyclic) bond motifs is 1. The topological polar surface area (TPSA) is 54.0 Å². The maximum absolute atomic E-state index is 11.4. The van der Waals surface area contributed by atoms with Crippen molar-refractivity contribution in [2.24, 2.45) is 0 Å². The van der Waals surface area contributed by atoms with Crippen LogP contribution in [0.4, 0.5) is 5.82 Å². The Kier molecular flexibility index (Phi) is 3.23. The molecule has 1 heterocycles. The summed E-state index contributed by atoms with van der Waals surface area (Å²) in [6.45, 7) is 1.80. The van der Waals surface area contributed by atoms with Crippen molar-refractivity contribution in [3.8, 4) is 0 Å². The quantitative estimate of drug-likeness (QED) is 0.843. The van der Waals surface area contributed by atoms with E-state index in [-0.39, 0.29) is 11.9 Å². The molecule has 0 saturated carbocycles. The van der Waals surface area contributed by atoms with Gasteiger partial charge < -0.3 is 10.6 Å². The highest BCUT2D eigenvalue weighted by Crippen LogP contribution is 2.14. The molecule has 0 unspecified atom stereocenters. The van der Waals surface area contributed by atoms with Crippen LogP contribution in [0.2, 0.25) is 0 Å². The van der Waals surface area contributed by atoms with Gasteiger partial charge in [0.1, 0.15) is 11.9 Å². The summed E-state index contributed by atoms with van der Waals surface area (Å²) >= 11 is 0. The number of pyridine rings is 1. The van der Waals surface area contributed by atoms with Crippen LogP contribution in [0, 0.1) is 0 Å². The number of aromatic nitrogens is 1. The number of nitrogens with zero attached hydrogens (tertiary/aromatic N) is 1. The van der Waals surface area contributed by atoms with Gasteiger partial charge in [0.05, 0.1) is 5.52 Å². The number of benzene rings is 1. The van der Waals surface area contributed by atoms with Gasteiger partial charge in [0.15, 0.2) is 0 Å². The molecule has 2 aromatic rings. The lowest BCUT2D eigenvalue weighted by Gasteiger charge is -2.13. The van der Waals surface area contributed by atoms with Crippen molar-refractivity contribution in [3.05, 3.63) is 36.4 Å². The molecular weight excluding hydrogens is 214 g/mol. The summed E-state index contributed by atoms with van der Waals surface area (Å²) in [6, 6.07) is 11.4. The van der Waals surface area contributed by atoms with E-state index in [1.165, 1.54) is 0 Å². The van der Waals surface area contributed by atoms with E-state index in [0.717, 1.165) is 10.9 Å². The zero-order chi connectivity index (χ0) is 12.3. The molecular formula is C13H15N3O. The molecule has 4 heteroatoms. The summed E-state index contributed by atoms with van der Waals surface area (Å²) < 4.78 is 0. The van der Waals surface area contributed by atoms with Crippen LogP contribution < -0.4 is 10.6 Å². The number of hydrogen-bond donors (Lipinski definition) is 2. The van der Waals surface area contributed by atoms with Crippen molar-refractivity contribution in [2.45, 2.75) is 13.0 Å². The molecule has 0 saturated heterocycles. The third-order valence-electron chi connectivity index (χ3n) is 2.60. The second kappa shape index (κ2) is 4.82. The van der Waals surface area contributed by atoms with Crippen molar-refractivity contribution in [2.75, 3.05) is 12.4 Å². The van der Waals surface area contributed by atoms with Crippen LogP contribution in [-0.4, -0.2) is 24.0 Å². The fraction of sp³-hybridized carbons (Fsp3) is 0.231. The first kappa shape index (κ1) is 11.4. The highest BCUT2D eigenvalue weighted by molar-refractivity contribution is 5.84. The summed E-state index contributed by atoms with van der Waals surface area (Å²) in [4.78, 5) is 15.8. The predicted molar refractivity (Wildman–Crippen MR) is 68.9 cm³/mol. The Labute approximate surface area is 100 Å². The van der Waals surface area contributed by atoms with Gasteiger partial charge in [-0.2, -0.15) is 0 Å². The van der Waals surface area contributed by atoms with E-state index in [9.17, 15) is 4.79 Å². The third kappa shape index (κ3) is 2.53. The largest absolute Gasteiger partial charge is 0.359 e. The van der Waals surface area contributed by atoms with E-state index in [4.69, 9.17) is 0 Å². The number of amides is 1. The first-order valence-corrected chi connectivity index (χ1v) is 5.54. The van der Waals surface area contributed by atoms with Crippen molar-refractivity contribution in [1.82, 2.24) is 10.3 Å². The van der Waals surface area contributed by atoms with E-state index in [1.54, 1.807) is 14.0 Å². The Morgan fingerprint density at radius 3 is 2.76 bits per heavy atom. The van der Waals surface area contributed by atoms with Crippen LogP contribution >= 0.6 is 0 Å². The zero-order valence-corrected chi connectivity index (χ0v) is 9.90. The van der Waals surface area contributed by atoms with Crippen molar-refractivity contribution < 1.29 is 4.79 Å². The summed E-state index contributed by atoms with van der Waals surface area (Å²) in [7, 11) is 1.62. The first-order valence-electron chi connectivity index (χ1n) is 5.54. The molecule has 0 aliphatic rings. The second-order valence-electron chi connectivity index (χ2n) is 3.87. The Morgan fingerprint density at radius 1 is 1.24 bits per heavy atom. The molecule has 4 nitrogen and oxygen atoms in total. The maximum atomic E-state index is 11.4. The highest BCUT2D eigenvalue weighted by atomic mass is 16.2. The van der Waals surface area contributed by atoms with Gasteiger partial charge in [0.25, 0.3) is 0 Å². The van der Waals surface area contributed by atoms with Gasteiger partial charge in [-0.3, -0.25) is 4.79 Å². The second-order valence-corrected chi connectivity index (χ2v) is 3.87. The molecule has 88 valence electrons. The molecule has 17 heavy (non-hydrogen) atoms. The fourth-order valence-corrected chi connectivity index (χ4v) is 1.65. The van der Waals surface area contributed by atoms with Crippen LogP contribution in [0.5, 0.6) is 0 Å². The average Bonchev–Trinajstić information content (AvgIpc) is 2.37. The minimum Gasteiger partial charge on any atom is -0.359 e. The summed E-state index contributed by atoms with van der Waals surface area (Å²) in [6.07, 6.45) is 0. The molecule has 2 rings (SSSR count). The van der Waals surface area contributed by atoms with Gasteiger partial charge in [0.2, 0.25) is 5.91 Å². The summed E-state index contributed by atoms with van der Waals surface area (Å²) in [5.74, 6) is 0.653. The van der Waals surface area contributed by atoms with E-state index in [2.05, 4.69) is 15.6 Å². The molecule has 0 aliphatic heterocycles. The normalized spacial score (nSPS) is 12.1. The van der Waals surface area contributed by atoms with Gasteiger partial charge in [-0.05, 0) is 25.1 Å². The lowest BCUT2D eigenvalue weighted by Crippen LogP contribution is -2.35. The number of anilines is 1. The van der Waals surface area contributed by atoms with E-state index in [0.29, 0.717) is 5.82 Å². The maximum Gasteiger partial charge on any atom is 0.241 e. The summed E-state index contributed by atoms with van der Waals surface area (Å²) in [5, 5.41) is 6.74. The van der Waals surface area contributed by atoms with Gasteiger partial charge in [-0.15, -0.1) is 0 Å². The SMILES string of the molecule is CNC(=O)[C@@H](C)Nc1ccc2ccccc2n1. The number of carbonyl (C=O) groups is 1. The van der Waals surface area contributed by atoms with E-state index < -0.39 is 0 Å². The van der Waals surface area contributed by atoms with Gasteiger partial charge >= 0.3 is 0 Å². The van der Waals surface area contributed by atoms with Crippen LogP contribution in [0.3, 0.4) is 0 Å². The zero-order valence-electron chi connectivity index (χ0n) is 9.90. The van der Waals surface area contributed by atoms with Crippen molar-refractivity contribution >= 4 is 22.6 Å². The van der Waals surface area contributed by atoms with Crippen LogP contribution in [0.1, 0.15) is 6.92 Å². The highest BCUT2D eigenvalue weighted by Gasteiger charge is 2.10. The Hall–Kier alpha value is -2.10. The number of carbonyl (C=O) groups excluding carboxylic acids is 1. The van der Waals surface area contributed by atoms with E-state index in [1.807, 2.05) is 36.4 Å². The van der Waals surface area contributed by atoms with Gasteiger partial charge in [-0.25, -0.2) is 4.98 Å². The molecule has 1 aromatic heterocycles. The smallest absolute Gasteiger partial charge is 0.241 e. The number of rotatable bonds is 3. The minimum atomic E-state index is -0.298. The molecule has 0 aliphatic carbocycles. The molecule has 2 N–H and O–H groups in total. The molecule has 0 bridgehead atoms. The Bertz CT molecular complexity index is 539. The molecule has 1 amide bonds. The fourth-order valence-electron chi connectivity index (χ4n) is 1.65. The lowest BCUT2D eigenvalue weighted by molar-refractivity contribution is -0.121. The van der Waals surface area contributed by atoms with Crippen LogP contribution in [0.25, 0.3) is 10.9 Å². The van der Waals surface area contributed by atoms with Gasteiger partial charge in [0, 0.05) is 12.4 Å². The predicted octanol–water partition coefficient (Wildman–Crippen LogP) is 1.78. The number of hydrogen-bond acceptors (Lipinski definition) is 3. The van der Waals surface area contributed by atoms with Gasteiger partial charge in [-0.1, -0.05) is 18.2 Å². The summed E-state index contributed by atoms with van der Waals surface area (Å²) in [5.41, 5.74) is 0.918. The molecule has 1 aromatic carbocycles. The monoisotopic (exact) mass is 229 g/mol. The third-order valence-corrected chi connectivity index (χ3v) is 2.60. The average molecular weight is 229 g/mol. The number of likely N-dealkylation sites (N-methyl/N-ethyl adjacent to an activating group) is 1. The van der Waals surface area contributed by atoms with E-state index >= 15 is 0 Å². The molecule has 0 spiro atoms. The lowest BCUT2D eigenvalue weighted by atomic mass is 10.2. The molecule has 1 atom stereocenters. The van der Waals surface area contributed by atoms with Crippen LogP contribution in [-0.2, 0) is 4.79 Å². The molecule has 0 radical (unpaired) electrons. The Balaban J connectivity index is 2.22. The standard InChI is InChI=1S/C13H15N3O/c1-9(13(17)14-2)15-12-8-7-10-5-3-4-6-11(10)16-12/h3-9H,1-2H3,(H,14,17)(H,15,16)/t9-/m1/s1. The number of nitrogens with one attached hydrogen (secondary N) is 2. The first-order chi connectivity index (χ1) is 8.20. The Morgan fingerprint density at radius 2 is 2.00 bits per heavy atom. The van der Waals surface area contributed by atoms with Crippen LogP contribution in [0.15, 0.2) is 36.4 Å².